The highest BCUT2D eigenvalue weighted by atomic mass is 16.6. The number of hydrogen-bond acceptors (Lipinski definition) is 3. The van der Waals surface area contributed by atoms with Crippen LogP contribution in [0.1, 0.15) is 62.3 Å². The molecule has 1 aliphatic rings. The number of ether oxygens (including phenoxy) is 1. The monoisotopic (exact) mass is 250 g/mol. The van der Waals surface area contributed by atoms with E-state index in [1.807, 2.05) is 0 Å². The molecule has 0 aliphatic heterocycles. The number of rotatable bonds is 6. The van der Waals surface area contributed by atoms with Gasteiger partial charge in [-0.1, -0.05) is 19.8 Å². The molecule has 0 spiro atoms. The van der Waals surface area contributed by atoms with E-state index in [0.29, 0.717) is 5.95 Å². The van der Waals surface area contributed by atoms with Crippen molar-refractivity contribution in [1.29, 1.82) is 0 Å². The zero-order valence-electron chi connectivity index (χ0n) is 11.5. The minimum Gasteiger partial charge on any atom is -0.468 e. The Bertz CT molecular complexity index is 431. The highest BCUT2D eigenvalue weighted by molar-refractivity contribution is 5.83. The zero-order valence-corrected chi connectivity index (χ0v) is 11.5. The summed E-state index contributed by atoms with van der Waals surface area (Å²) < 4.78 is 11.1. The minimum atomic E-state index is -0.0827. The predicted octanol–water partition coefficient (Wildman–Crippen LogP) is 3.64. The van der Waals surface area contributed by atoms with E-state index in [-0.39, 0.29) is 11.7 Å². The second kappa shape index (κ2) is 5.59. The first-order chi connectivity index (χ1) is 8.69. The first-order valence-electron chi connectivity index (χ1n) is 6.87. The smallest absolute Gasteiger partial charge is 0.287 e. The van der Waals surface area contributed by atoms with Gasteiger partial charge in [-0.05, 0) is 32.6 Å². The summed E-state index contributed by atoms with van der Waals surface area (Å²) in [5.74, 6) is 1.62. The maximum atomic E-state index is 11.8. The van der Waals surface area contributed by atoms with Gasteiger partial charge in [-0.25, -0.2) is 0 Å². The molecule has 1 aliphatic carbocycles. The third kappa shape index (κ3) is 2.31. The van der Waals surface area contributed by atoms with Crippen molar-refractivity contribution < 1.29 is 13.9 Å². The Labute approximate surface area is 109 Å². The lowest BCUT2D eigenvalue weighted by molar-refractivity contribution is -0.119. The van der Waals surface area contributed by atoms with Gasteiger partial charge in [-0.3, -0.25) is 4.79 Å². The minimum absolute atomic E-state index is 0.0827. The quantitative estimate of drug-likeness (QED) is 0.773. The van der Waals surface area contributed by atoms with Crippen molar-refractivity contribution in [3.05, 3.63) is 16.9 Å². The van der Waals surface area contributed by atoms with Gasteiger partial charge in [0, 0.05) is 11.1 Å². The zero-order chi connectivity index (χ0) is 13.1. The topological polar surface area (TPSA) is 39.4 Å². The van der Waals surface area contributed by atoms with E-state index >= 15 is 0 Å². The highest BCUT2D eigenvalue weighted by Crippen LogP contribution is 2.41. The first kappa shape index (κ1) is 13.2. The van der Waals surface area contributed by atoms with Gasteiger partial charge >= 0.3 is 0 Å². The van der Waals surface area contributed by atoms with E-state index in [1.165, 1.54) is 11.1 Å². The van der Waals surface area contributed by atoms with Crippen LogP contribution in [-0.2, 0) is 17.6 Å². The van der Waals surface area contributed by atoms with Gasteiger partial charge in [0.05, 0.1) is 13.0 Å². The number of fused-ring (bicyclic) bond motifs is 1. The van der Waals surface area contributed by atoms with Crippen LogP contribution < -0.4 is 4.74 Å². The van der Waals surface area contributed by atoms with Crippen molar-refractivity contribution in [3.8, 4) is 5.95 Å². The SMILES string of the molecule is CCCCC(C(C)=O)c1oc(OC)c2c1CCC2. The van der Waals surface area contributed by atoms with Gasteiger partial charge in [0.1, 0.15) is 11.5 Å². The molecule has 2 rings (SSSR count). The van der Waals surface area contributed by atoms with Gasteiger partial charge in [-0.2, -0.15) is 0 Å². The van der Waals surface area contributed by atoms with E-state index in [9.17, 15) is 4.79 Å². The summed E-state index contributed by atoms with van der Waals surface area (Å²) in [6.45, 7) is 3.81. The number of carbonyl (C=O) groups excluding carboxylic acids is 1. The Balaban J connectivity index is 2.33. The molecule has 1 heterocycles. The Kier molecular flexibility index (Phi) is 4.10. The molecule has 1 aromatic rings. The maximum absolute atomic E-state index is 11.8. The van der Waals surface area contributed by atoms with Gasteiger partial charge in [0.25, 0.3) is 5.95 Å². The van der Waals surface area contributed by atoms with E-state index in [4.69, 9.17) is 9.15 Å². The fraction of sp³-hybridized carbons (Fsp3) is 0.667. The molecule has 100 valence electrons. The second-order valence-electron chi connectivity index (χ2n) is 5.07. The predicted molar refractivity (Wildman–Crippen MR) is 70.2 cm³/mol. The molecule has 0 N–H and O–H groups in total. The van der Waals surface area contributed by atoms with Crippen LogP contribution in [0.25, 0.3) is 0 Å². The second-order valence-corrected chi connectivity index (χ2v) is 5.07. The molecule has 3 nitrogen and oxygen atoms in total. The average Bonchev–Trinajstić information content (AvgIpc) is 2.92. The van der Waals surface area contributed by atoms with Gasteiger partial charge < -0.3 is 9.15 Å². The van der Waals surface area contributed by atoms with Gasteiger partial charge in [0.2, 0.25) is 0 Å². The molecule has 1 aromatic heterocycles. The molecular weight excluding hydrogens is 228 g/mol. The molecule has 0 saturated carbocycles. The lowest BCUT2D eigenvalue weighted by Crippen LogP contribution is -2.09. The van der Waals surface area contributed by atoms with E-state index in [2.05, 4.69) is 6.92 Å². The summed E-state index contributed by atoms with van der Waals surface area (Å²) in [7, 11) is 1.63. The van der Waals surface area contributed by atoms with E-state index < -0.39 is 0 Å². The third-order valence-electron chi connectivity index (χ3n) is 3.80. The van der Waals surface area contributed by atoms with Crippen LogP contribution >= 0.6 is 0 Å². The van der Waals surface area contributed by atoms with Crippen LogP contribution in [0, 0.1) is 0 Å². The number of carbonyl (C=O) groups is 1. The Morgan fingerprint density at radius 3 is 2.72 bits per heavy atom. The third-order valence-corrected chi connectivity index (χ3v) is 3.80. The molecule has 1 unspecified atom stereocenters. The van der Waals surface area contributed by atoms with Crippen molar-refractivity contribution in [1.82, 2.24) is 0 Å². The fourth-order valence-corrected chi connectivity index (χ4v) is 2.84. The van der Waals surface area contributed by atoms with E-state index in [1.54, 1.807) is 14.0 Å². The molecule has 0 fully saturated rings. The number of hydrogen-bond donors (Lipinski definition) is 0. The molecule has 0 radical (unpaired) electrons. The summed E-state index contributed by atoms with van der Waals surface area (Å²) in [4.78, 5) is 11.8. The van der Waals surface area contributed by atoms with Crippen LogP contribution in [0.5, 0.6) is 5.95 Å². The van der Waals surface area contributed by atoms with Crippen molar-refractivity contribution >= 4 is 5.78 Å². The van der Waals surface area contributed by atoms with Crippen LogP contribution in [0.15, 0.2) is 4.42 Å². The Morgan fingerprint density at radius 2 is 2.11 bits per heavy atom. The molecule has 0 amide bonds. The molecule has 0 aromatic carbocycles. The van der Waals surface area contributed by atoms with Crippen LogP contribution in [0.3, 0.4) is 0 Å². The average molecular weight is 250 g/mol. The largest absolute Gasteiger partial charge is 0.468 e. The highest BCUT2D eigenvalue weighted by Gasteiger charge is 2.31. The summed E-state index contributed by atoms with van der Waals surface area (Å²) >= 11 is 0. The molecular formula is C15H22O3. The molecule has 0 bridgehead atoms. The summed E-state index contributed by atoms with van der Waals surface area (Å²) in [6, 6.07) is 0. The van der Waals surface area contributed by atoms with Crippen molar-refractivity contribution in [2.45, 2.75) is 58.3 Å². The lowest BCUT2D eigenvalue weighted by Gasteiger charge is -2.12. The standard InChI is InChI=1S/C15H22O3/c1-4-5-7-11(10(2)16)14-12-8-6-9-13(12)15(17-3)18-14/h11H,4-9H2,1-3H3. The van der Waals surface area contributed by atoms with Gasteiger partial charge in [-0.15, -0.1) is 0 Å². The van der Waals surface area contributed by atoms with Gasteiger partial charge in [0.15, 0.2) is 0 Å². The maximum Gasteiger partial charge on any atom is 0.287 e. The van der Waals surface area contributed by atoms with Crippen LogP contribution in [-0.4, -0.2) is 12.9 Å². The number of unbranched alkanes of at least 4 members (excludes halogenated alkanes) is 1. The summed E-state index contributed by atoms with van der Waals surface area (Å²) in [5, 5.41) is 0. The number of ketones is 1. The fourth-order valence-electron chi connectivity index (χ4n) is 2.84. The normalized spacial score (nSPS) is 15.5. The molecule has 0 saturated heterocycles. The van der Waals surface area contributed by atoms with Crippen LogP contribution in [0.4, 0.5) is 0 Å². The Hall–Kier alpha value is -1.25. The Morgan fingerprint density at radius 1 is 1.39 bits per heavy atom. The number of methoxy groups -OCH3 is 1. The number of furan rings is 1. The lowest BCUT2D eigenvalue weighted by atomic mass is 9.92. The summed E-state index contributed by atoms with van der Waals surface area (Å²) in [5.41, 5.74) is 2.43. The van der Waals surface area contributed by atoms with E-state index in [0.717, 1.165) is 44.3 Å². The number of Topliss-reactive ketones (excluding diaryl/α,β-unsaturated/α-hetero) is 1. The molecule has 3 heteroatoms. The molecule has 1 atom stereocenters. The van der Waals surface area contributed by atoms with Crippen molar-refractivity contribution in [2.24, 2.45) is 0 Å². The molecule has 18 heavy (non-hydrogen) atoms. The summed E-state index contributed by atoms with van der Waals surface area (Å²) in [6.07, 6.45) is 6.22. The first-order valence-corrected chi connectivity index (χ1v) is 6.87. The van der Waals surface area contributed by atoms with Crippen molar-refractivity contribution in [3.63, 3.8) is 0 Å². The van der Waals surface area contributed by atoms with Crippen molar-refractivity contribution in [2.75, 3.05) is 7.11 Å². The van der Waals surface area contributed by atoms with Crippen LogP contribution in [0.2, 0.25) is 0 Å².